The number of nitrogens with one attached hydrogen (secondary N) is 2. The van der Waals surface area contributed by atoms with Gasteiger partial charge in [-0.1, -0.05) is 12.1 Å². The molecule has 0 saturated heterocycles. The molecule has 20 heavy (non-hydrogen) atoms. The van der Waals surface area contributed by atoms with Crippen LogP contribution in [-0.2, 0) is 0 Å². The SMILES string of the molecule is CNc1nc(Nc2cccc(C)c2C#N)nc(OC)n1. The molecular formula is C13H14N6O. The highest BCUT2D eigenvalue weighted by atomic mass is 16.5. The van der Waals surface area contributed by atoms with Crippen molar-refractivity contribution in [2.45, 2.75) is 6.92 Å². The summed E-state index contributed by atoms with van der Waals surface area (Å²) in [5.74, 6) is 0.689. The largest absolute Gasteiger partial charge is 0.467 e. The van der Waals surface area contributed by atoms with Crippen molar-refractivity contribution < 1.29 is 4.74 Å². The molecule has 0 saturated carbocycles. The van der Waals surface area contributed by atoms with Gasteiger partial charge < -0.3 is 15.4 Å². The van der Waals surface area contributed by atoms with E-state index >= 15 is 0 Å². The molecule has 1 aromatic heterocycles. The Kier molecular flexibility index (Phi) is 3.96. The first-order valence-electron chi connectivity index (χ1n) is 5.92. The molecule has 0 atom stereocenters. The van der Waals surface area contributed by atoms with Gasteiger partial charge in [-0.05, 0) is 18.6 Å². The number of benzene rings is 1. The molecule has 7 heteroatoms. The van der Waals surface area contributed by atoms with Crippen LogP contribution in [0.3, 0.4) is 0 Å². The summed E-state index contributed by atoms with van der Waals surface area (Å²) in [4.78, 5) is 12.3. The Hall–Kier alpha value is -2.88. The molecule has 2 rings (SSSR count). The first-order valence-corrected chi connectivity index (χ1v) is 5.92. The van der Waals surface area contributed by atoms with Gasteiger partial charge in [0.25, 0.3) is 0 Å². The van der Waals surface area contributed by atoms with Gasteiger partial charge in [-0.15, -0.1) is 0 Å². The van der Waals surface area contributed by atoms with Crippen molar-refractivity contribution in [2.75, 3.05) is 24.8 Å². The zero-order chi connectivity index (χ0) is 14.5. The minimum absolute atomic E-state index is 0.193. The molecular weight excluding hydrogens is 256 g/mol. The topological polar surface area (TPSA) is 95.8 Å². The summed E-state index contributed by atoms with van der Waals surface area (Å²) < 4.78 is 5.01. The summed E-state index contributed by atoms with van der Waals surface area (Å²) in [5.41, 5.74) is 2.08. The summed E-state index contributed by atoms with van der Waals surface area (Å²) >= 11 is 0. The lowest BCUT2D eigenvalue weighted by molar-refractivity contribution is 0.379. The Morgan fingerprint density at radius 3 is 2.60 bits per heavy atom. The van der Waals surface area contributed by atoms with E-state index in [4.69, 9.17) is 4.74 Å². The molecule has 0 aliphatic carbocycles. The highest BCUT2D eigenvalue weighted by molar-refractivity contribution is 5.65. The van der Waals surface area contributed by atoms with Crippen LogP contribution in [0.15, 0.2) is 18.2 Å². The van der Waals surface area contributed by atoms with Crippen LogP contribution in [0.4, 0.5) is 17.6 Å². The molecule has 0 amide bonds. The molecule has 102 valence electrons. The monoisotopic (exact) mass is 270 g/mol. The van der Waals surface area contributed by atoms with Crippen LogP contribution in [0.1, 0.15) is 11.1 Å². The van der Waals surface area contributed by atoms with Crippen molar-refractivity contribution >= 4 is 17.6 Å². The Balaban J connectivity index is 2.40. The second-order valence-electron chi connectivity index (χ2n) is 3.95. The van der Waals surface area contributed by atoms with E-state index in [0.29, 0.717) is 23.1 Å². The van der Waals surface area contributed by atoms with Crippen LogP contribution in [0.2, 0.25) is 0 Å². The molecule has 0 aliphatic heterocycles. The standard InChI is InChI=1S/C13H14N6O/c1-8-5-4-6-10(9(8)7-14)16-12-17-11(15-2)18-13(19-12)20-3/h4-6H,1-3H3,(H2,15,16,17,18,19). The first-order chi connectivity index (χ1) is 9.67. The minimum Gasteiger partial charge on any atom is -0.467 e. The number of hydrogen-bond donors (Lipinski definition) is 2. The Morgan fingerprint density at radius 2 is 1.95 bits per heavy atom. The third kappa shape index (κ3) is 2.75. The number of rotatable bonds is 4. The Bertz CT molecular complexity index is 642. The predicted octanol–water partition coefficient (Wildman–Crippen LogP) is 1.85. The Labute approximate surface area is 116 Å². The van der Waals surface area contributed by atoms with Gasteiger partial charge in [0.15, 0.2) is 0 Å². The highest BCUT2D eigenvalue weighted by Gasteiger charge is 2.09. The third-order valence-electron chi connectivity index (χ3n) is 2.65. The normalized spacial score (nSPS) is 9.70. The lowest BCUT2D eigenvalue weighted by atomic mass is 10.1. The van der Waals surface area contributed by atoms with Crippen molar-refractivity contribution in [3.05, 3.63) is 29.3 Å². The van der Waals surface area contributed by atoms with E-state index in [0.717, 1.165) is 5.56 Å². The molecule has 1 aromatic carbocycles. The maximum Gasteiger partial charge on any atom is 0.322 e. The van der Waals surface area contributed by atoms with Crippen molar-refractivity contribution in [3.8, 4) is 12.1 Å². The quantitative estimate of drug-likeness (QED) is 0.875. The fourth-order valence-electron chi connectivity index (χ4n) is 1.66. The summed E-state index contributed by atoms with van der Waals surface area (Å²) in [5, 5.41) is 15.0. The molecule has 2 N–H and O–H groups in total. The van der Waals surface area contributed by atoms with Crippen LogP contribution < -0.4 is 15.4 Å². The number of ether oxygens (including phenoxy) is 1. The van der Waals surface area contributed by atoms with Crippen LogP contribution in [0.25, 0.3) is 0 Å². The van der Waals surface area contributed by atoms with E-state index in [9.17, 15) is 5.26 Å². The Morgan fingerprint density at radius 1 is 1.20 bits per heavy atom. The maximum atomic E-state index is 9.20. The van der Waals surface area contributed by atoms with E-state index in [1.165, 1.54) is 7.11 Å². The van der Waals surface area contributed by atoms with Gasteiger partial charge in [-0.25, -0.2) is 0 Å². The van der Waals surface area contributed by atoms with Crippen LogP contribution in [-0.4, -0.2) is 29.1 Å². The predicted molar refractivity (Wildman–Crippen MR) is 75.1 cm³/mol. The number of hydrogen-bond acceptors (Lipinski definition) is 7. The molecule has 0 unspecified atom stereocenters. The van der Waals surface area contributed by atoms with Gasteiger partial charge in [0, 0.05) is 7.05 Å². The molecule has 7 nitrogen and oxygen atoms in total. The van der Waals surface area contributed by atoms with E-state index in [-0.39, 0.29) is 6.01 Å². The summed E-state index contributed by atoms with van der Waals surface area (Å²) in [6.07, 6.45) is 0. The number of aryl methyl sites for hydroxylation is 1. The van der Waals surface area contributed by atoms with Crippen molar-refractivity contribution in [2.24, 2.45) is 0 Å². The zero-order valence-electron chi connectivity index (χ0n) is 11.4. The van der Waals surface area contributed by atoms with Crippen molar-refractivity contribution in [3.63, 3.8) is 0 Å². The second kappa shape index (κ2) is 5.84. The smallest absolute Gasteiger partial charge is 0.322 e. The molecule has 0 aliphatic rings. The first kappa shape index (κ1) is 13.5. The molecule has 0 spiro atoms. The van der Waals surface area contributed by atoms with E-state index in [1.54, 1.807) is 13.1 Å². The number of nitriles is 1. The lowest BCUT2D eigenvalue weighted by Crippen LogP contribution is -2.06. The second-order valence-corrected chi connectivity index (χ2v) is 3.95. The van der Waals surface area contributed by atoms with Gasteiger partial charge in [0.2, 0.25) is 11.9 Å². The van der Waals surface area contributed by atoms with Gasteiger partial charge in [-0.3, -0.25) is 0 Å². The maximum absolute atomic E-state index is 9.20. The van der Waals surface area contributed by atoms with Gasteiger partial charge in [0.1, 0.15) is 6.07 Å². The molecule has 2 aromatic rings. The minimum atomic E-state index is 0.193. The zero-order valence-corrected chi connectivity index (χ0v) is 11.4. The number of anilines is 3. The van der Waals surface area contributed by atoms with Crippen LogP contribution >= 0.6 is 0 Å². The van der Waals surface area contributed by atoms with Crippen molar-refractivity contribution in [1.29, 1.82) is 5.26 Å². The summed E-state index contributed by atoms with van der Waals surface area (Å²) in [6.45, 7) is 1.87. The summed E-state index contributed by atoms with van der Waals surface area (Å²) in [6, 6.07) is 7.87. The fourth-order valence-corrected chi connectivity index (χ4v) is 1.66. The molecule has 1 heterocycles. The van der Waals surface area contributed by atoms with Crippen LogP contribution in [0, 0.1) is 18.3 Å². The number of nitrogens with zero attached hydrogens (tertiary/aromatic N) is 4. The van der Waals surface area contributed by atoms with E-state index in [1.807, 2.05) is 19.1 Å². The molecule has 0 radical (unpaired) electrons. The van der Waals surface area contributed by atoms with E-state index < -0.39 is 0 Å². The molecule has 0 bridgehead atoms. The summed E-state index contributed by atoms with van der Waals surface area (Å²) in [7, 11) is 3.18. The highest BCUT2D eigenvalue weighted by Crippen LogP contribution is 2.22. The lowest BCUT2D eigenvalue weighted by Gasteiger charge is -2.10. The van der Waals surface area contributed by atoms with Gasteiger partial charge in [-0.2, -0.15) is 20.2 Å². The van der Waals surface area contributed by atoms with E-state index in [2.05, 4.69) is 31.7 Å². The number of methoxy groups -OCH3 is 1. The number of aromatic nitrogens is 3. The van der Waals surface area contributed by atoms with Gasteiger partial charge in [0.05, 0.1) is 18.4 Å². The average Bonchev–Trinajstić information content (AvgIpc) is 2.47. The molecule has 0 fully saturated rings. The fraction of sp³-hybridized carbons (Fsp3) is 0.231. The third-order valence-corrected chi connectivity index (χ3v) is 2.65. The van der Waals surface area contributed by atoms with Crippen molar-refractivity contribution in [1.82, 2.24) is 15.0 Å². The van der Waals surface area contributed by atoms with Crippen LogP contribution in [0.5, 0.6) is 6.01 Å². The van der Waals surface area contributed by atoms with Gasteiger partial charge >= 0.3 is 6.01 Å². The average molecular weight is 270 g/mol.